The SMILES string of the molecule is O=C(Nc1nn(Cc2c(F)cccc2Cl)cc1Cl)c1ccc(Cn2cc(Br)c([N+](=O)[O-])n2)o1. The fourth-order valence-electron chi connectivity index (χ4n) is 2.91. The lowest BCUT2D eigenvalue weighted by atomic mass is 10.2. The number of hydrogen-bond donors (Lipinski definition) is 1. The first-order valence-electron chi connectivity index (χ1n) is 9.14. The third-order valence-corrected chi connectivity index (χ3v) is 5.60. The minimum Gasteiger partial charge on any atom is -0.454 e. The van der Waals surface area contributed by atoms with Crippen molar-refractivity contribution in [1.29, 1.82) is 0 Å². The maximum Gasteiger partial charge on any atom is 0.404 e. The highest BCUT2D eigenvalue weighted by Gasteiger charge is 2.21. The molecule has 14 heteroatoms. The third-order valence-electron chi connectivity index (χ3n) is 4.41. The zero-order chi connectivity index (χ0) is 23.7. The number of benzene rings is 1. The Morgan fingerprint density at radius 1 is 1.15 bits per heavy atom. The van der Waals surface area contributed by atoms with Crippen molar-refractivity contribution in [2.24, 2.45) is 0 Å². The van der Waals surface area contributed by atoms with Gasteiger partial charge in [-0.05, 0) is 45.1 Å². The van der Waals surface area contributed by atoms with Crippen molar-refractivity contribution in [2.45, 2.75) is 13.1 Å². The van der Waals surface area contributed by atoms with Gasteiger partial charge in [-0.3, -0.25) is 9.48 Å². The minimum absolute atomic E-state index is 0.0115. The summed E-state index contributed by atoms with van der Waals surface area (Å²) >= 11 is 15.3. The van der Waals surface area contributed by atoms with Gasteiger partial charge in [-0.2, -0.15) is 9.78 Å². The molecule has 1 N–H and O–H groups in total. The summed E-state index contributed by atoms with van der Waals surface area (Å²) in [7, 11) is 0. The normalized spacial score (nSPS) is 11.0. The number of aromatic nitrogens is 4. The smallest absolute Gasteiger partial charge is 0.404 e. The predicted molar refractivity (Wildman–Crippen MR) is 120 cm³/mol. The lowest BCUT2D eigenvalue weighted by Crippen LogP contribution is -2.12. The van der Waals surface area contributed by atoms with Gasteiger partial charge in [0.15, 0.2) is 11.6 Å². The van der Waals surface area contributed by atoms with Crippen molar-refractivity contribution in [3.63, 3.8) is 0 Å². The maximum absolute atomic E-state index is 14.0. The average molecular weight is 558 g/mol. The van der Waals surface area contributed by atoms with Crippen LogP contribution in [0.2, 0.25) is 10.0 Å². The van der Waals surface area contributed by atoms with Crippen molar-refractivity contribution < 1.29 is 18.5 Å². The first-order valence-corrected chi connectivity index (χ1v) is 10.7. The number of carbonyl (C=O) groups excluding carboxylic acids is 1. The summed E-state index contributed by atoms with van der Waals surface area (Å²) in [5.74, 6) is -1.08. The highest BCUT2D eigenvalue weighted by Crippen LogP contribution is 2.25. The molecule has 0 fully saturated rings. The van der Waals surface area contributed by atoms with Crippen LogP contribution in [0.1, 0.15) is 21.9 Å². The number of hydrogen-bond acceptors (Lipinski definition) is 6. The van der Waals surface area contributed by atoms with Gasteiger partial charge in [0.05, 0.1) is 17.8 Å². The molecule has 1 amide bonds. The molecule has 0 aliphatic rings. The standard InChI is InChI=1S/C19H12BrCl2FN6O4/c20-12-8-27(26-18(12)29(31)32)6-10-4-5-16(33-10)19(30)24-17-14(22)9-28(25-17)7-11-13(21)2-1-3-15(11)23/h1-5,8-9H,6-7H2,(H,24,25,30). The number of nitrogens with one attached hydrogen (secondary N) is 1. The number of nitrogens with zero attached hydrogens (tertiary/aromatic N) is 5. The van der Waals surface area contributed by atoms with E-state index in [0.717, 1.165) is 0 Å². The number of amides is 1. The van der Waals surface area contributed by atoms with E-state index in [1.54, 1.807) is 6.07 Å². The van der Waals surface area contributed by atoms with Gasteiger partial charge in [0, 0.05) is 16.8 Å². The number of rotatable bonds is 7. The Labute approximate surface area is 203 Å². The molecule has 0 bridgehead atoms. The van der Waals surface area contributed by atoms with Gasteiger partial charge in [-0.15, -0.1) is 0 Å². The minimum atomic E-state index is -0.620. The van der Waals surface area contributed by atoms with E-state index in [4.69, 9.17) is 27.6 Å². The summed E-state index contributed by atoms with van der Waals surface area (Å²) in [6, 6.07) is 7.30. The molecule has 0 saturated carbocycles. The van der Waals surface area contributed by atoms with Gasteiger partial charge in [0.25, 0.3) is 5.91 Å². The number of furan rings is 1. The van der Waals surface area contributed by atoms with Crippen LogP contribution in [-0.4, -0.2) is 30.4 Å². The van der Waals surface area contributed by atoms with Crippen LogP contribution in [0.25, 0.3) is 0 Å². The predicted octanol–water partition coefficient (Wildman–Crippen LogP) is 5.14. The highest BCUT2D eigenvalue weighted by atomic mass is 79.9. The summed E-state index contributed by atoms with van der Waals surface area (Å²) in [5, 5.41) is 21.8. The van der Waals surface area contributed by atoms with Gasteiger partial charge in [0.2, 0.25) is 0 Å². The molecule has 0 saturated heterocycles. The topological polar surface area (TPSA) is 121 Å². The Kier molecular flexibility index (Phi) is 6.49. The summed E-state index contributed by atoms with van der Waals surface area (Å²) in [6.45, 7) is 0.0794. The lowest BCUT2D eigenvalue weighted by molar-refractivity contribution is -0.390. The van der Waals surface area contributed by atoms with Crippen LogP contribution in [-0.2, 0) is 13.1 Å². The quantitative estimate of drug-likeness (QED) is 0.248. The second-order valence-corrected chi connectivity index (χ2v) is 8.37. The molecule has 170 valence electrons. The van der Waals surface area contributed by atoms with Gasteiger partial charge in [-0.1, -0.05) is 29.3 Å². The molecule has 0 unspecified atom stereocenters. The van der Waals surface area contributed by atoms with E-state index < -0.39 is 16.6 Å². The van der Waals surface area contributed by atoms with E-state index in [1.165, 1.54) is 46.0 Å². The molecule has 0 radical (unpaired) electrons. The van der Waals surface area contributed by atoms with Crippen LogP contribution in [0.15, 0.2) is 51.6 Å². The molecule has 0 atom stereocenters. The van der Waals surface area contributed by atoms with Crippen molar-refractivity contribution in [3.05, 3.63) is 90.3 Å². The van der Waals surface area contributed by atoms with Gasteiger partial charge in [-0.25, -0.2) is 4.39 Å². The molecule has 0 aliphatic heterocycles. The molecule has 33 heavy (non-hydrogen) atoms. The molecule has 0 spiro atoms. The number of anilines is 1. The molecular formula is C19H12BrCl2FN6O4. The molecular weight excluding hydrogens is 546 g/mol. The summed E-state index contributed by atoms with van der Waals surface area (Å²) in [4.78, 5) is 22.8. The summed E-state index contributed by atoms with van der Waals surface area (Å²) in [6.07, 6.45) is 2.85. The zero-order valence-corrected chi connectivity index (χ0v) is 19.4. The van der Waals surface area contributed by atoms with Crippen LogP contribution >= 0.6 is 39.1 Å². The molecule has 0 aliphatic carbocycles. The third kappa shape index (κ3) is 5.07. The zero-order valence-electron chi connectivity index (χ0n) is 16.3. The fraction of sp³-hybridized carbons (Fsp3) is 0.105. The molecule has 3 heterocycles. The Morgan fingerprint density at radius 2 is 1.91 bits per heavy atom. The summed E-state index contributed by atoms with van der Waals surface area (Å²) in [5.41, 5.74) is 0.234. The van der Waals surface area contributed by atoms with Crippen LogP contribution in [0.5, 0.6) is 0 Å². The van der Waals surface area contributed by atoms with Crippen LogP contribution in [0.3, 0.4) is 0 Å². The highest BCUT2D eigenvalue weighted by molar-refractivity contribution is 9.10. The molecule has 1 aromatic carbocycles. The fourth-order valence-corrected chi connectivity index (χ4v) is 3.79. The average Bonchev–Trinajstić information content (AvgIpc) is 3.45. The van der Waals surface area contributed by atoms with E-state index in [9.17, 15) is 19.3 Å². The van der Waals surface area contributed by atoms with E-state index in [0.29, 0.717) is 5.76 Å². The molecule has 3 aromatic heterocycles. The summed E-state index contributed by atoms with van der Waals surface area (Å²) < 4.78 is 22.4. The van der Waals surface area contributed by atoms with E-state index in [-0.39, 0.29) is 50.6 Å². The van der Waals surface area contributed by atoms with Crippen molar-refractivity contribution in [1.82, 2.24) is 19.6 Å². The van der Waals surface area contributed by atoms with Crippen LogP contribution in [0, 0.1) is 15.9 Å². The van der Waals surface area contributed by atoms with Gasteiger partial charge < -0.3 is 19.8 Å². The van der Waals surface area contributed by atoms with Crippen molar-refractivity contribution in [2.75, 3.05) is 5.32 Å². The van der Waals surface area contributed by atoms with Gasteiger partial charge in [0.1, 0.15) is 27.6 Å². The van der Waals surface area contributed by atoms with Gasteiger partial charge >= 0.3 is 5.82 Å². The molecule has 4 aromatic rings. The first kappa shape index (κ1) is 23.0. The molecule has 4 rings (SSSR count). The number of carbonyl (C=O) groups is 1. The maximum atomic E-state index is 14.0. The van der Waals surface area contributed by atoms with Crippen molar-refractivity contribution in [3.8, 4) is 0 Å². The van der Waals surface area contributed by atoms with Crippen molar-refractivity contribution >= 4 is 56.7 Å². The second-order valence-electron chi connectivity index (χ2n) is 6.70. The Bertz CT molecular complexity index is 1350. The van der Waals surface area contributed by atoms with Crippen LogP contribution < -0.4 is 5.32 Å². The van der Waals surface area contributed by atoms with Crippen LogP contribution in [0.4, 0.5) is 16.0 Å². The van der Waals surface area contributed by atoms with E-state index >= 15 is 0 Å². The first-order chi connectivity index (χ1) is 15.7. The van der Waals surface area contributed by atoms with E-state index in [2.05, 4.69) is 31.4 Å². The Balaban J connectivity index is 1.44. The monoisotopic (exact) mass is 556 g/mol. The lowest BCUT2D eigenvalue weighted by Gasteiger charge is -2.05. The molecule has 10 nitrogen and oxygen atoms in total. The van der Waals surface area contributed by atoms with E-state index in [1.807, 2.05) is 0 Å². The number of halogens is 4. The Morgan fingerprint density at radius 3 is 2.61 bits per heavy atom. The largest absolute Gasteiger partial charge is 0.454 e. The Hall–Kier alpha value is -3.22. The second kappa shape index (κ2) is 9.33. The number of nitro groups is 1.